The molecule has 2 fully saturated rings. The van der Waals surface area contributed by atoms with E-state index >= 15 is 0 Å². The van der Waals surface area contributed by atoms with Crippen LogP contribution in [0.25, 0.3) is 0 Å². The predicted molar refractivity (Wildman–Crippen MR) is 237 cm³/mol. The van der Waals surface area contributed by atoms with Crippen molar-refractivity contribution in [1.29, 1.82) is 0 Å². The van der Waals surface area contributed by atoms with E-state index in [9.17, 15) is 28.8 Å². The second-order valence-electron chi connectivity index (χ2n) is 17.1. The Hall–Kier alpha value is -5.50. The summed E-state index contributed by atoms with van der Waals surface area (Å²) in [5.74, 6) is 9.87. The van der Waals surface area contributed by atoms with Gasteiger partial charge in [0, 0.05) is 32.4 Å². The molecule has 2 aromatic carbocycles. The summed E-state index contributed by atoms with van der Waals surface area (Å²) in [7, 11) is 3.31. The van der Waals surface area contributed by atoms with Crippen LogP contribution < -0.4 is 26.6 Å². The number of hydrogen-bond donors (Lipinski definition) is 5. The molecule has 0 aromatic heterocycles. The van der Waals surface area contributed by atoms with Crippen LogP contribution in [0.3, 0.4) is 0 Å². The Kier molecular flexibility index (Phi) is 16.4. The molecule has 13 heteroatoms. The van der Waals surface area contributed by atoms with Crippen LogP contribution in [0.2, 0.25) is 0 Å². The van der Waals surface area contributed by atoms with E-state index in [1.165, 1.54) is 16.7 Å². The van der Waals surface area contributed by atoms with Crippen molar-refractivity contribution in [2.75, 3.05) is 27.2 Å². The smallest absolute Gasteiger partial charge is 0.246 e. The fourth-order valence-corrected chi connectivity index (χ4v) is 9.34. The highest BCUT2D eigenvalue weighted by atomic mass is 16.2. The number of fused-ring (bicyclic) bond motifs is 2. The summed E-state index contributed by atoms with van der Waals surface area (Å²) in [5.41, 5.74) is 4.85. The Morgan fingerprint density at radius 1 is 0.645 bits per heavy atom. The van der Waals surface area contributed by atoms with Crippen molar-refractivity contribution < 1.29 is 28.8 Å². The number of aryl methyl sites for hydroxylation is 2. The average Bonchev–Trinajstić information content (AvgIpc) is 4.00. The monoisotopic (exact) mass is 845 g/mol. The molecule has 0 spiro atoms. The minimum absolute atomic E-state index is 0.0411. The number of carbonyl (C=O) groups excluding carboxylic acids is 6. The number of carbonyl (C=O) groups is 6. The van der Waals surface area contributed by atoms with Gasteiger partial charge < -0.3 is 36.4 Å². The Morgan fingerprint density at radius 3 is 1.73 bits per heavy atom. The van der Waals surface area contributed by atoms with E-state index < -0.39 is 36.3 Å². The molecule has 0 bridgehead atoms. The lowest BCUT2D eigenvalue weighted by Crippen LogP contribution is -2.55. The molecule has 62 heavy (non-hydrogen) atoms. The molecule has 13 nitrogen and oxygen atoms in total. The topological polar surface area (TPSA) is 169 Å². The van der Waals surface area contributed by atoms with Crippen LogP contribution in [0.1, 0.15) is 119 Å². The van der Waals surface area contributed by atoms with E-state index in [2.05, 4.69) is 74.5 Å². The van der Waals surface area contributed by atoms with Crippen molar-refractivity contribution in [3.05, 3.63) is 70.8 Å². The van der Waals surface area contributed by atoms with Crippen molar-refractivity contribution >= 4 is 35.3 Å². The third kappa shape index (κ3) is 11.3. The van der Waals surface area contributed by atoms with Gasteiger partial charge in [-0.3, -0.25) is 28.8 Å². The molecule has 0 saturated carbocycles. The quantitative estimate of drug-likeness (QED) is 0.171. The molecule has 5 amide bonds. The maximum Gasteiger partial charge on any atom is 0.246 e. The summed E-state index contributed by atoms with van der Waals surface area (Å²) < 4.78 is 0. The zero-order chi connectivity index (χ0) is 44.2. The molecule has 2 aromatic rings. The van der Waals surface area contributed by atoms with E-state index in [-0.39, 0.29) is 60.1 Å². The van der Waals surface area contributed by atoms with E-state index in [1.54, 1.807) is 37.7 Å². The number of Topliss-reactive ketones (excluding diaryl/α,β-unsaturated/α-hetero) is 1. The van der Waals surface area contributed by atoms with Crippen LogP contribution >= 0.6 is 0 Å². The Balaban J connectivity index is 1.12. The van der Waals surface area contributed by atoms with Gasteiger partial charge in [-0.2, -0.15) is 0 Å². The van der Waals surface area contributed by atoms with Crippen LogP contribution in [0.5, 0.6) is 0 Å². The number of benzene rings is 2. The van der Waals surface area contributed by atoms with Gasteiger partial charge in [-0.15, -0.1) is 0 Å². The fourth-order valence-electron chi connectivity index (χ4n) is 9.34. The maximum absolute atomic E-state index is 14.1. The molecule has 2 saturated heterocycles. The van der Waals surface area contributed by atoms with Gasteiger partial charge in [-0.05, 0) is 132 Å². The minimum Gasteiger partial charge on any atom is -0.347 e. The first kappa shape index (κ1) is 46.0. The predicted octanol–water partition coefficient (Wildman–Crippen LogP) is 3.21. The number of nitrogens with one attached hydrogen (secondary N) is 5. The molecule has 1 unspecified atom stereocenters. The van der Waals surface area contributed by atoms with Crippen LogP contribution in [-0.2, 0) is 41.6 Å². The molecule has 2 heterocycles. The van der Waals surface area contributed by atoms with E-state index in [4.69, 9.17) is 0 Å². The van der Waals surface area contributed by atoms with Crippen LogP contribution in [0.4, 0.5) is 0 Å². The Morgan fingerprint density at radius 2 is 1.15 bits per heavy atom. The zero-order valence-electron chi connectivity index (χ0n) is 36.7. The Labute approximate surface area is 366 Å². The summed E-state index contributed by atoms with van der Waals surface area (Å²) in [6, 6.07) is 11.9. The molecule has 0 radical (unpaired) electrons. The van der Waals surface area contributed by atoms with E-state index in [0.717, 1.165) is 44.1 Å². The first-order valence-corrected chi connectivity index (χ1v) is 22.5. The van der Waals surface area contributed by atoms with Crippen molar-refractivity contribution in [3.63, 3.8) is 0 Å². The highest BCUT2D eigenvalue weighted by Gasteiger charge is 2.40. The number of nitrogens with zero attached hydrogens (tertiary/aromatic N) is 2. The molecular formula is C49H63N7O6. The van der Waals surface area contributed by atoms with Gasteiger partial charge >= 0.3 is 0 Å². The molecule has 4 aliphatic rings. The standard InChI is InChI=1S/C49H63N7O6/c1-32(50-3)45(58)53-40(48(61)55-29-15-27-42(55)44(57)31-36-21-13-19-34-17-9-11-22-37(34)36)24-7-5-6-8-25-41(54-46(59)33(2)51-4)49(62)56-30-16-28-43(56)47(60)52-39-26-14-20-35-18-10-12-23-38(35)39/h9-12,17-18,22-23,32-33,36,39-43,50-51H,13-16,19-21,24-31H2,1-4H3,(H,52,60)(H,53,58)(H,54,59)/t32-,33?,36-,39+,40-,41-,42-,43-/m0/s1. The first-order valence-electron chi connectivity index (χ1n) is 22.5. The lowest BCUT2D eigenvalue weighted by atomic mass is 9.79. The number of likely N-dealkylation sites (N-methyl/N-ethyl adjacent to an activating group) is 2. The van der Waals surface area contributed by atoms with Gasteiger partial charge in [0.25, 0.3) is 0 Å². The summed E-state index contributed by atoms with van der Waals surface area (Å²) in [5, 5.41) is 14.7. The summed E-state index contributed by atoms with van der Waals surface area (Å²) in [6.45, 7) is 4.18. The van der Waals surface area contributed by atoms with Crippen molar-refractivity contribution in [1.82, 2.24) is 36.4 Å². The van der Waals surface area contributed by atoms with Gasteiger partial charge in [0.2, 0.25) is 29.5 Å². The van der Waals surface area contributed by atoms with Gasteiger partial charge in [-0.25, -0.2) is 0 Å². The first-order chi connectivity index (χ1) is 30.0. The summed E-state index contributed by atoms with van der Waals surface area (Å²) in [4.78, 5) is 85.1. The van der Waals surface area contributed by atoms with Crippen molar-refractivity contribution in [2.24, 2.45) is 0 Å². The van der Waals surface area contributed by atoms with Gasteiger partial charge in [0.05, 0.1) is 24.2 Å². The largest absolute Gasteiger partial charge is 0.347 e. The molecule has 8 atom stereocenters. The minimum atomic E-state index is -1.03. The van der Waals surface area contributed by atoms with Gasteiger partial charge in [0.1, 0.15) is 18.1 Å². The number of likely N-dealkylation sites (tertiary alicyclic amines) is 2. The average molecular weight is 846 g/mol. The molecule has 330 valence electrons. The van der Waals surface area contributed by atoms with E-state index in [1.807, 2.05) is 24.3 Å². The van der Waals surface area contributed by atoms with Crippen LogP contribution in [-0.4, -0.2) is 109 Å². The number of rotatable bonds is 15. The van der Waals surface area contributed by atoms with Crippen LogP contribution in [0, 0.1) is 23.7 Å². The van der Waals surface area contributed by atoms with Crippen molar-refractivity contribution in [3.8, 4) is 23.7 Å². The molecule has 5 N–H and O–H groups in total. The number of hydrogen-bond acceptors (Lipinski definition) is 8. The lowest BCUT2D eigenvalue weighted by Gasteiger charge is -2.31. The summed E-state index contributed by atoms with van der Waals surface area (Å²) in [6.07, 6.45) is 8.43. The molecular weight excluding hydrogens is 783 g/mol. The molecule has 2 aliphatic carbocycles. The second kappa shape index (κ2) is 22.0. The third-order valence-corrected chi connectivity index (χ3v) is 13.1. The zero-order valence-corrected chi connectivity index (χ0v) is 36.7. The number of amides is 5. The molecule has 2 aliphatic heterocycles. The summed E-state index contributed by atoms with van der Waals surface area (Å²) >= 11 is 0. The van der Waals surface area contributed by atoms with E-state index in [0.29, 0.717) is 45.2 Å². The lowest BCUT2D eigenvalue weighted by molar-refractivity contribution is -0.141. The highest BCUT2D eigenvalue weighted by molar-refractivity contribution is 5.95. The van der Waals surface area contributed by atoms with Gasteiger partial charge in [0.15, 0.2) is 5.78 Å². The number of ketones is 1. The SMILES string of the molecule is CNC(C)C(=O)N[C@@H](CC#CC#CC[C@H](NC(=O)[C@H](C)NC)C(=O)N1CCC[C@H]1C(=O)C[C@@H]1CCCc2ccccc21)C(=O)N1CCC[C@H]1C(=O)N[C@@H]1CCCc2ccccc21. The van der Waals surface area contributed by atoms with Crippen molar-refractivity contribution in [2.45, 2.75) is 146 Å². The Bertz CT molecular complexity index is 1950. The third-order valence-electron chi connectivity index (χ3n) is 13.1. The maximum atomic E-state index is 14.1. The normalized spacial score (nSPS) is 22.2. The fraction of sp³-hybridized carbons (Fsp3) is 0.551. The second-order valence-corrected chi connectivity index (χ2v) is 17.1. The van der Waals surface area contributed by atoms with Crippen LogP contribution in [0.15, 0.2) is 48.5 Å². The highest BCUT2D eigenvalue weighted by Crippen LogP contribution is 2.36. The molecule has 6 rings (SSSR count). The van der Waals surface area contributed by atoms with Gasteiger partial charge in [-0.1, -0.05) is 60.4 Å².